The number of hydrogen-bond acceptors (Lipinski definition) is 16. The summed E-state index contributed by atoms with van der Waals surface area (Å²) in [6, 6.07) is 11.5. The van der Waals surface area contributed by atoms with Crippen molar-refractivity contribution >= 4 is 43.0 Å². The summed E-state index contributed by atoms with van der Waals surface area (Å²) in [6.07, 6.45) is 2.56. The third kappa shape index (κ3) is 8.93. The molecule has 45 heavy (non-hydrogen) atoms. The maximum absolute atomic E-state index is 12.5. The van der Waals surface area contributed by atoms with E-state index in [4.69, 9.17) is 31.2 Å². The Labute approximate surface area is 264 Å². The topological polar surface area (TPSA) is 197 Å². The van der Waals surface area contributed by atoms with Crippen molar-refractivity contribution in [1.29, 1.82) is 0 Å². The second-order valence-corrected chi connectivity index (χ2v) is 14.3. The Balaban J connectivity index is 1.91. The van der Waals surface area contributed by atoms with Gasteiger partial charge in [-0.2, -0.15) is 25.3 Å². The molecule has 1 aromatic heterocycles. The predicted molar refractivity (Wildman–Crippen MR) is 163 cm³/mol. The minimum absolute atomic E-state index is 0.00219. The molecule has 0 unspecified atom stereocenters. The molecule has 4 aromatic rings. The van der Waals surface area contributed by atoms with Crippen LogP contribution in [-0.2, 0) is 37.0 Å². The van der Waals surface area contributed by atoms with Crippen molar-refractivity contribution in [2.75, 3.05) is 33.0 Å². The molecule has 0 spiro atoms. The average molecular weight is 703 g/mol. The second-order valence-electron chi connectivity index (χ2n) is 9.18. The van der Waals surface area contributed by atoms with Crippen LogP contribution in [0.15, 0.2) is 58.2 Å². The van der Waals surface area contributed by atoms with Crippen LogP contribution in [0, 0.1) is 0 Å². The van der Waals surface area contributed by atoms with Crippen LogP contribution in [-0.4, -0.2) is 68.4 Å². The summed E-state index contributed by atoms with van der Waals surface area (Å²) in [7, 11) is -9.42. The molecule has 0 fully saturated rings. The third-order valence-electron chi connectivity index (χ3n) is 5.55. The van der Waals surface area contributed by atoms with Gasteiger partial charge in [0.1, 0.15) is 11.5 Å². The zero-order chi connectivity index (χ0) is 33.2. The molecule has 3 aromatic carbocycles. The molecule has 15 nitrogen and oxygen atoms in total. The maximum atomic E-state index is 12.5. The zero-order valence-corrected chi connectivity index (χ0v) is 27.5. The van der Waals surface area contributed by atoms with Crippen molar-refractivity contribution in [3.05, 3.63) is 54.4 Å². The van der Waals surface area contributed by atoms with E-state index < -0.39 is 30.4 Å². The molecule has 0 atom stereocenters. The van der Waals surface area contributed by atoms with Crippen molar-refractivity contribution < 1.29 is 56.4 Å². The molecule has 1 heterocycles. The molecular weight excluding hydrogens is 677 g/mol. The van der Waals surface area contributed by atoms with Crippen molar-refractivity contribution in [3.8, 4) is 56.8 Å². The van der Waals surface area contributed by atoms with Gasteiger partial charge in [0, 0.05) is 5.56 Å². The van der Waals surface area contributed by atoms with Gasteiger partial charge in [-0.05, 0) is 41.5 Å². The Hall–Kier alpha value is -4.20. The number of aromatic nitrogens is 2. The number of hydrogen-bond donors (Lipinski definition) is 1. The van der Waals surface area contributed by atoms with Crippen molar-refractivity contribution in [3.63, 3.8) is 0 Å². The SMILES string of the molecule is COc1cc(-c2ccc(OS(C)(=O)=O)cc2)c(OC)c(OS(C)(=O)=O)c1-c1ccc(OCc2nnc(S)o2)c(OS(C)(=O)=O)c1. The van der Waals surface area contributed by atoms with Gasteiger partial charge in [-0.15, -0.1) is 10.2 Å². The predicted octanol–water partition coefficient (Wildman–Crippen LogP) is 3.30. The first-order valence-electron chi connectivity index (χ1n) is 12.3. The van der Waals surface area contributed by atoms with Gasteiger partial charge in [0.05, 0.1) is 38.6 Å². The van der Waals surface area contributed by atoms with Crippen molar-refractivity contribution in [1.82, 2.24) is 10.2 Å². The highest BCUT2D eigenvalue weighted by atomic mass is 32.2. The van der Waals surface area contributed by atoms with Crippen molar-refractivity contribution in [2.24, 2.45) is 0 Å². The van der Waals surface area contributed by atoms with Crippen LogP contribution in [0.1, 0.15) is 5.89 Å². The van der Waals surface area contributed by atoms with Crippen LogP contribution >= 0.6 is 12.6 Å². The second kappa shape index (κ2) is 13.0. The molecular formula is C26H26N2O13S4. The molecule has 0 amide bonds. The summed E-state index contributed by atoms with van der Waals surface area (Å²) in [5, 5.41) is 7.33. The Morgan fingerprint density at radius 1 is 0.689 bits per heavy atom. The summed E-state index contributed by atoms with van der Waals surface area (Å²) in [6.45, 7) is -0.255. The highest BCUT2D eigenvalue weighted by molar-refractivity contribution is 7.86. The molecule has 0 saturated carbocycles. The Bertz CT molecular complexity index is 2040. The number of nitrogens with zero attached hydrogens (tertiary/aromatic N) is 2. The van der Waals surface area contributed by atoms with Gasteiger partial charge in [0.2, 0.25) is 0 Å². The van der Waals surface area contributed by atoms with E-state index in [1.54, 1.807) is 0 Å². The van der Waals surface area contributed by atoms with Crippen LogP contribution < -0.4 is 26.8 Å². The third-order valence-corrected chi connectivity index (χ3v) is 7.18. The van der Waals surface area contributed by atoms with Gasteiger partial charge >= 0.3 is 30.4 Å². The van der Waals surface area contributed by atoms with Gasteiger partial charge in [0.15, 0.2) is 29.6 Å². The minimum atomic E-state index is -4.18. The minimum Gasteiger partial charge on any atom is -0.496 e. The first-order chi connectivity index (χ1) is 21.0. The molecule has 0 aliphatic heterocycles. The zero-order valence-electron chi connectivity index (χ0n) is 24.2. The number of methoxy groups -OCH3 is 2. The van der Waals surface area contributed by atoms with Crippen LogP contribution in [0.3, 0.4) is 0 Å². The molecule has 0 radical (unpaired) electrons. The smallest absolute Gasteiger partial charge is 0.306 e. The van der Waals surface area contributed by atoms with E-state index in [1.165, 1.54) is 62.8 Å². The Morgan fingerprint density at radius 2 is 1.31 bits per heavy atom. The Morgan fingerprint density at radius 3 is 1.84 bits per heavy atom. The Kier molecular flexibility index (Phi) is 9.76. The van der Waals surface area contributed by atoms with Gasteiger partial charge in [0.25, 0.3) is 11.1 Å². The average Bonchev–Trinajstić information content (AvgIpc) is 3.34. The summed E-state index contributed by atoms with van der Waals surface area (Å²) < 4.78 is 110. The molecule has 0 N–H and O–H groups in total. The fourth-order valence-corrected chi connectivity index (χ4v) is 5.55. The number of thiol groups is 1. The summed E-state index contributed by atoms with van der Waals surface area (Å²) in [5.41, 5.74) is 1.00. The maximum Gasteiger partial charge on any atom is 0.306 e. The largest absolute Gasteiger partial charge is 0.496 e. The molecule has 0 saturated heterocycles. The summed E-state index contributed by atoms with van der Waals surface area (Å²) >= 11 is 3.94. The van der Waals surface area contributed by atoms with E-state index in [-0.39, 0.29) is 63.3 Å². The normalized spacial score (nSPS) is 12.0. The van der Waals surface area contributed by atoms with E-state index in [2.05, 4.69) is 22.8 Å². The van der Waals surface area contributed by atoms with E-state index >= 15 is 0 Å². The lowest BCUT2D eigenvalue weighted by atomic mass is 9.96. The van der Waals surface area contributed by atoms with Gasteiger partial charge in [-0.3, -0.25) is 0 Å². The molecule has 0 aliphatic rings. The lowest BCUT2D eigenvalue weighted by molar-refractivity contribution is 0.247. The van der Waals surface area contributed by atoms with E-state index in [1.807, 2.05) is 0 Å². The molecule has 0 aliphatic carbocycles. The highest BCUT2D eigenvalue weighted by Gasteiger charge is 2.27. The van der Waals surface area contributed by atoms with Gasteiger partial charge in [-0.1, -0.05) is 30.8 Å². The summed E-state index contributed by atoms with van der Waals surface area (Å²) in [4.78, 5) is 0. The first kappa shape index (κ1) is 33.7. The van der Waals surface area contributed by atoms with Crippen molar-refractivity contribution in [2.45, 2.75) is 11.8 Å². The fraction of sp³-hybridized carbons (Fsp3) is 0.231. The summed E-state index contributed by atoms with van der Waals surface area (Å²) in [5.74, 6) is -0.453. The van der Waals surface area contributed by atoms with Gasteiger partial charge in [-0.25, -0.2) is 0 Å². The van der Waals surface area contributed by atoms with Gasteiger partial charge < -0.3 is 31.2 Å². The van der Waals surface area contributed by atoms with E-state index in [9.17, 15) is 25.3 Å². The molecule has 4 rings (SSSR count). The molecule has 0 bridgehead atoms. The lowest BCUT2D eigenvalue weighted by Gasteiger charge is -2.21. The first-order valence-corrected chi connectivity index (χ1v) is 18.2. The van der Waals surface area contributed by atoms with E-state index in [0.29, 0.717) is 11.1 Å². The number of benzene rings is 3. The monoisotopic (exact) mass is 702 g/mol. The highest BCUT2D eigenvalue weighted by Crippen LogP contribution is 2.51. The number of rotatable bonds is 13. The fourth-order valence-electron chi connectivity index (χ4n) is 4.02. The van der Waals surface area contributed by atoms with E-state index in [0.717, 1.165) is 18.8 Å². The number of ether oxygens (including phenoxy) is 3. The van der Waals surface area contributed by atoms with Crippen LogP contribution in [0.4, 0.5) is 0 Å². The van der Waals surface area contributed by atoms with Crippen LogP contribution in [0.5, 0.6) is 34.5 Å². The standard InChI is InChI=1S/C26H26N2O13S4/c1-35-21-13-18(15-6-9-17(10-7-15)39-43(3,29)30)24(36-2)25(41-45(5,33)34)23(21)16-8-11-19(20(12-16)40-44(4,31)32)37-14-22-27-28-26(42)38-22/h6-13H,14H2,1-5H3,(H,28,42). The van der Waals surface area contributed by atoms with Crippen LogP contribution in [0.2, 0.25) is 0 Å². The lowest BCUT2D eigenvalue weighted by Crippen LogP contribution is -2.10. The van der Waals surface area contributed by atoms with Crippen LogP contribution in [0.25, 0.3) is 22.3 Å². The molecule has 242 valence electrons. The molecule has 19 heteroatoms. The quantitative estimate of drug-likeness (QED) is 0.157.